The monoisotopic (exact) mass is 304 g/mol. The van der Waals surface area contributed by atoms with E-state index in [-0.39, 0.29) is 0 Å². The van der Waals surface area contributed by atoms with Crippen LogP contribution in [0.25, 0.3) is 0 Å². The minimum atomic E-state index is -0.943. The molecule has 2 N–H and O–H groups in total. The molecule has 4 heteroatoms. The average Bonchev–Trinajstić information content (AvgIpc) is 2.38. The third-order valence-electron chi connectivity index (χ3n) is 3.03. The van der Waals surface area contributed by atoms with Crippen molar-refractivity contribution in [3.8, 4) is 0 Å². The van der Waals surface area contributed by atoms with Gasteiger partial charge in [0.25, 0.3) is 0 Å². The van der Waals surface area contributed by atoms with E-state index in [1.807, 2.05) is 50.3 Å². The Hall–Kier alpha value is -1.10. The maximum absolute atomic E-state index is 10.3. The van der Waals surface area contributed by atoms with E-state index >= 15 is 0 Å². The molecule has 2 aromatic carbocycles. The van der Waals surface area contributed by atoms with E-state index in [9.17, 15) is 10.2 Å². The van der Waals surface area contributed by atoms with Gasteiger partial charge in [0.2, 0.25) is 0 Å². The van der Waals surface area contributed by atoms with Crippen LogP contribution in [-0.4, -0.2) is 18.1 Å². The van der Waals surface area contributed by atoms with Gasteiger partial charge >= 0.3 is 0 Å². The summed E-state index contributed by atoms with van der Waals surface area (Å²) in [4.78, 5) is 0. The molecule has 2 unspecified atom stereocenters. The lowest BCUT2D eigenvalue weighted by Crippen LogP contribution is -2.19. The standard InChI is InChI=1S/C14H14BBrO2/c15-11-7-3-1-5-9(11)13(17)14(18)10-6-2-4-8-12(10)16/h1-8,13-14,17-18H,15H2. The lowest BCUT2D eigenvalue weighted by atomic mass is 9.85. The van der Waals surface area contributed by atoms with Crippen molar-refractivity contribution in [1.29, 1.82) is 0 Å². The van der Waals surface area contributed by atoms with Crippen molar-refractivity contribution in [3.63, 3.8) is 0 Å². The lowest BCUT2D eigenvalue weighted by Gasteiger charge is -2.21. The van der Waals surface area contributed by atoms with E-state index in [1.165, 1.54) is 0 Å². The number of aliphatic hydroxyl groups excluding tert-OH is 2. The Bertz CT molecular complexity index is 495. The van der Waals surface area contributed by atoms with Crippen LogP contribution in [0.15, 0.2) is 53.0 Å². The van der Waals surface area contributed by atoms with Gasteiger partial charge in [-0.1, -0.05) is 63.9 Å². The summed E-state index contributed by atoms with van der Waals surface area (Å²) in [6, 6.07) is 14.9. The molecule has 0 spiro atoms. The van der Waals surface area contributed by atoms with Crippen LogP contribution in [0, 0.1) is 0 Å². The Labute approximate surface area is 116 Å². The van der Waals surface area contributed by atoms with Crippen molar-refractivity contribution in [2.75, 3.05) is 0 Å². The highest BCUT2D eigenvalue weighted by Crippen LogP contribution is 2.31. The van der Waals surface area contributed by atoms with Crippen LogP contribution in [0.4, 0.5) is 0 Å². The number of halogens is 1. The molecule has 0 aliphatic heterocycles. The highest BCUT2D eigenvalue weighted by molar-refractivity contribution is 9.10. The van der Waals surface area contributed by atoms with Crippen molar-refractivity contribution in [2.45, 2.75) is 12.2 Å². The van der Waals surface area contributed by atoms with Gasteiger partial charge in [-0.15, -0.1) is 0 Å². The first-order valence-electron chi connectivity index (χ1n) is 5.77. The molecule has 0 saturated carbocycles. The van der Waals surface area contributed by atoms with Crippen LogP contribution in [0.5, 0.6) is 0 Å². The molecule has 2 rings (SSSR count). The van der Waals surface area contributed by atoms with Crippen LogP contribution < -0.4 is 5.46 Å². The second-order valence-electron chi connectivity index (χ2n) is 4.27. The van der Waals surface area contributed by atoms with Gasteiger partial charge in [0.05, 0.1) is 0 Å². The zero-order valence-electron chi connectivity index (χ0n) is 10.0. The molecular weight excluding hydrogens is 291 g/mol. The molecule has 0 fully saturated rings. The minimum Gasteiger partial charge on any atom is -0.385 e. The summed E-state index contributed by atoms with van der Waals surface area (Å²) in [5.41, 5.74) is 2.41. The molecule has 2 aromatic rings. The van der Waals surface area contributed by atoms with Crippen molar-refractivity contribution in [2.24, 2.45) is 0 Å². The van der Waals surface area contributed by atoms with Crippen LogP contribution in [0.1, 0.15) is 23.3 Å². The molecule has 2 nitrogen and oxygen atoms in total. The largest absolute Gasteiger partial charge is 0.385 e. The first-order valence-corrected chi connectivity index (χ1v) is 6.56. The summed E-state index contributed by atoms with van der Waals surface area (Å²) in [6.07, 6.45) is -1.87. The number of hydrogen-bond acceptors (Lipinski definition) is 2. The van der Waals surface area contributed by atoms with E-state index < -0.39 is 12.2 Å². The predicted molar refractivity (Wildman–Crippen MR) is 78.7 cm³/mol. The Morgan fingerprint density at radius 2 is 1.33 bits per heavy atom. The predicted octanol–water partition coefficient (Wildman–Crippen LogP) is 1.47. The first kappa shape index (κ1) is 13.3. The Kier molecular flexibility index (Phi) is 4.22. The summed E-state index contributed by atoms with van der Waals surface area (Å²) in [7, 11) is 1.92. The first-order chi connectivity index (χ1) is 8.61. The van der Waals surface area contributed by atoms with Crippen molar-refractivity contribution in [3.05, 3.63) is 64.1 Å². The second-order valence-corrected chi connectivity index (χ2v) is 5.12. The quantitative estimate of drug-likeness (QED) is 0.843. The molecule has 18 heavy (non-hydrogen) atoms. The third-order valence-corrected chi connectivity index (χ3v) is 3.75. The van der Waals surface area contributed by atoms with Crippen LogP contribution in [0.3, 0.4) is 0 Å². The van der Waals surface area contributed by atoms with Crippen molar-refractivity contribution < 1.29 is 10.2 Å². The van der Waals surface area contributed by atoms with Gasteiger partial charge in [-0.3, -0.25) is 0 Å². The van der Waals surface area contributed by atoms with E-state index in [2.05, 4.69) is 15.9 Å². The number of benzene rings is 2. The van der Waals surface area contributed by atoms with Crippen molar-refractivity contribution in [1.82, 2.24) is 0 Å². The van der Waals surface area contributed by atoms with E-state index in [4.69, 9.17) is 0 Å². The lowest BCUT2D eigenvalue weighted by molar-refractivity contribution is 0.0174. The Morgan fingerprint density at radius 1 is 0.833 bits per heavy atom. The molecule has 0 radical (unpaired) electrons. The zero-order chi connectivity index (χ0) is 13.1. The Morgan fingerprint density at radius 3 is 1.94 bits per heavy atom. The van der Waals surface area contributed by atoms with Crippen molar-refractivity contribution >= 4 is 29.2 Å². The summed E-state index contributed by atoms with van der Waals surface area (Å²) >= 11 is 3.39. The van der Waals surface area contributed by atoms with E-state index in [0.29, 0.717) is 5.56 Å². The van der Waals surface area contributed by atoms with Gasteiger partial charge in [0.1, 0.15) is 20.1 Å². The van der Waals surface area contributed by atoms with Gasteiger partial charge in [0.15, 0.2) is 0 Å². The maximum Gasteiger partial charge on any atom is 0.139 e. The molecule has 0 aromatic heterocycles. The fourth-order valence-corrected chi connectivity index (χ4v) is 2.49. The van der Waals surface area contributed by atoms with Gasteiger partial charge in [0, 0.05) is 4.47 Å². The topological polar surface area (TPSA) is 40.5 Å². The highest BCUT2D eigenvalue weighted by Gasteiger charge is 2.22. The molecule has 0 aliphatic carbocycles. The minimum absolute atomic E-state index is 0.688. The summed E-state index contributed by atoms with van der Waals surface area (Å²) in [5, 5.41) is 20.5. The highest BCUT2D eigenvalue weighted by atomic mass is 79.9. The molecular formula is C14H14BBrO2. The fourth-order valence-electron chi connectivity index (χ4n) is 1.97. The molecule has 0 amide bonds. The van der Waals surface area contributed by atoms with E-state index in [1.54, 1.807) is 6.07 Å². The van der Waals surface area contributed by atoms with Crippen LogP contribution in [-0.2, 0) is 0 Å². The van der Waals surface area contributed by atoms with Gasteiger partial charge < -0.3 is 10.2 Å². The fraction of sp³-hybridized carbons (Fsp3) is 0.143. The average molecular weight is 305 g/mol. The van der Waals surface area contributed by atoms with Gasteiger partial charge in [-0.2, -0.15) is 0 Å². The molecule has 92 valence electrons. The zero-order valence-corrected chi connectivity index (χ0v) is 11.6. The Balaban J connectivity index is 2.33. The molecule has 0 heterocycles. The van der Waals surface area contributed by atoms with Crippen LogP contribution in [0.2, 0.25) is 0 Å². The smallest absolute Gasteiger partial charge is 0.139 e. The summed E-state index contributed by atoms with van der Waals surface area (Å²) in [5.74, 6) is 0. The third kappa shape index (κ3) is 2.66. The molecule has 2 atom stereocenters. The molecule has 0 bridgehead atoms. The summed E-state index contributed by atoms with van der Waals surface area (Å²) < 4.78 is 0.796. The van der Waals surface area contributed by atoms with Gasteiger partial charge in [-0.25, -0.2) is 0 Å². The number of aliphatic hydroxyl groups is 2. The normalized spacial score (nSPS) is 14.2. The summed E-state index contributed by atoms with van der Waals surface area (Å²) in [6.45, 7) is 0. The molecule has 0 aliphatic rings. The number of hydrogen-bond donors (Lipinski definition) is 2. The van der Waals surface area contributed by atoms with E-state index in [0.717, 1.165) is 15.5 Å². The second kappa shape index (κ2) is 5.70. The van der Waals surface area contributed by atoms with Gasteiger partial charge in [-0.05, 0) is 17.2 Å². The SMILES string of the molecule is Bc1ccccc1C(O)C(O)c1ccccc1Br. The van der Waals surface area contributed by atoms with Crippen LogP contribution >= 0.6 is 15.9 Å². The maximum atomic E-state index is 10.3. The molecule has 0 saturated heterocycles. The number of rotatable bonds is 3.